The van der Waals surface area contributed by atoms with Crippen molar-refractivity contribution in [2.45, 2.75) is 26.4 Å². The molecule has 1 aromatic carbocycles. The Morgan fingerprint density at radius 3 is 2.28 bits per heavy atom. The van der Waals surface area contributed by atoms with Gasteiger partial charge in [-0.15, -0.1) is 0 Å². The molecule has 0 spiro atoms. The number of anilines is 1. The maximum atomic E-state index is 11.1. The molecule has 25 heavy (non-hydrogen) atoms. The molecule has 1 saturated heterocycles. The number of hydrogen-bond acceptors (Lipinski definition) is 4. The Kier molecular flexibility index (Phi) is 6.14. The van der Waals surface area contributed by atoms with Crippen molar-refractivity contribution in [3.63, 3.8) is 0 Å². The van der Waals surface area contributed by atoms with Crippen molar-refractivity contribution in [3.05, 3.63) is 59.9 Å². The third-order valence-electron chi connectivity index (χ3n) is 4.49. The normalized spacial score (nSPS) is 16.4. The summed E-state index contributed by atoms with van der Waals surface area (Å²) in [5.41, 5.74) is 3.43. The van der Waals surface area contributed by atoms with Gasteiger partial charge in [0.25, 0.3) is 0 Å². The molecule has 0 bridgehead atoms. The van der Waals surface area contributed by atoms with Crippen LogP contribution in [-0.2, 0) is 17.9 Å². The lowest BCUT2D eigenvalue weighted by Gasteiger charge is -2.22. The van der Waals surface area contributed by atoms with E-state index in [-0.39, 0.29) is 5.91 Å². The number of hydrogen-bond donors (Lipinski definition) is 1. The second kappa shape index (κ2) is 8.74. The van der Waals surface area contributed by atoms with Crippen LogP contribution in [0.5, 0.6) is 0 Å². The van der Waals surface area contributed by atoms with Gasteiger partial charge in [0.15, 0.2) is 0 Å². The number of benzene rings is 1. The highest BCUT2D eigenvalue weighted by Crippen LogP contribution is 2.14. The molecule has 0 saturated carbocycles. The molecule has 1 N–H and O–H groups in total. The van der Waals surface area contributed by atoms with E-state index in [4.69, 9.17) is 0 Å². The predicted octanol–water partition coefficient (Wildman–Crippen LogP) is 2.75. The van der Waals surface area contributed by atoms with Crippen LogP contribution >= 0.6 is 0 Å². The van der Waals surface area contributed by atoms with Gasteiger partial charge in [-0.2, -0.15) is 0 Å². The lowest BCUT2D eigenvalue weighted by Crippen LogP contribution is -2.30. The molecule has 2 heterocycles. The molecule has 1 aromatic heterocycles. The smallest absolute Gasteiger partial charge is 0.221 e. The first-order valence-electron chi connectivity index (χ1n) is 8.89. The van der Waals surface area contributed by atoms with Crippen LogP contribution in [0.1, 0.15) is 24.5 Å². The molecule has 132 valence electrons. The zero-order valence-corrected chi connectivity index (χ0v) is 14.8. The first-order valence-corrected chi connectivity index (χ1v) is 8.89. The first kappa shape index (κ1) is 17.6. The number of pyridine rings is 1. The second-order valence-corrected chi connectivity index (χ2v) is 6.65. The Morgan fingerprint density at radius 1 is 1.00 bits per heavy atom. The van der Waals surface area contributed by atoms with Crippen LogP contribution in [0.4, 0.5) is 5.69 Å². The molecule has 0 unspecified atom stereocenters. The fraction of sp³-hybridized carbons (Fsp3) is 0.400. The van der Waals surface area contributed by atoms with E-state index in [1.165, 1.54) is 24.5 Å². The summed E-state index contributed by atoms with van der Waals surface area (Å²) in [4.78, 5) is 20.3. The highest BCUT2D eigenvalue weighted by molar-refractivity contribution is 5.88. The van der Waals surface area contributed by atoms with E-state index in [1.54, 1.807) is 0 Å². The lowest BCUT2D eigenvalue weighted by atomic mass is 10.2. The number of nitrogens with one attached hydrogen (secondary N) is 1. The SMILES string of the molecule is CC(=O)Nc1ccc(CN2CCCN(Cc3cccnc3)CC2)cc1. The number of amides is 1. The highest BCUT2D eigenvalue weighted by Gasteiger charge is 2.15. The molecular weight excluding hydrogens is 312 g/mol. The molecule has 5 nitrogen and oxygen atoms in total. The number of aromatic nitrogens is 1. The quantitative estimate of drug-likeness (QED) is 0.911. The fourth-order valence-corrected chi connectivity index (χ4v) is 3.25. The molecular formula is C20H26N4O. The van der Waals surface area contributed by atoms with E-state index in [0.717, 1.165) is 45.0 Å². The molecule has 0 radical (unpaired) electrons. The molecule has 0 aliphatic carbocycles. The number of carbonyl (C=O) groups is 1. The molecule has 0 atom stereocenters. The van der Waals surface area contributed by atoms with Crippen LogP contribution in [0.3, 0.4) is 0 Å². The Morgan fingerprint density at radius 2 is 1.68 bits per heavy atom. The lowest BCUT2D eigenvalue weighted by molar-refractivity contribution is -0.114. The third-order valence-corrected chi connectivity index (χ3v) is 4.49. The zero-order valence-electron chi connectivity index (χ0n) is 14.8. The number of rotatable bonds is 5. The summed E-state index contributed by atoms with van der Waals surface area (Å²) in [5.74, 6) is -0.0334. The molecule has 2 aromatic rings. The second-order valence-electron chi connectivity index (χ2n) is 6.65. The standard InChI is InChI=1S/C20H26N4O/c1-17(25)22-20-7-5-18(6-8-20)15-23-10-3-11-24(13-12-23)16-19-4-2-9-21-14-19/h2,4-9,14H,3,10-13,15-16H2,1H3,(H,22,25). The first-order chi connectivity index (χ1) is 12.2. The Bertz CT molecular complexity index is 672. The van der Waals surface area contributed by atoms with E-state index in [2.05, 4.69) is 38.3 Å². The van der Waals surface area contributed by atoms with Gasteiger partial charge in [-0.1, -0.05) is 18.2 Å². The summed E-state index contributed by atoms with van der Waals surface area (Å²) in [7, 11) is 0. The van der Waals surface area contributed by atoms with Gasteiger partial charge in [0.2, 0.25) is 5.91 Å². The van der Waals surface area contributed by atoms with Gasteiger partial charge in [-0.3, -0.25) is 19.6 Å². The van der Waals surface area contributed by atoms with Gasteiger partial charge in [-0.25, -0.2) is 0 Å². The summed E-state index contributed by atoms with van der Waals surface area (Å²) in [5, 5.41) is 2.81. The van der Waals surface area contributed by atoms with Gasteiger partial charge in [0.05, 0.1) is 0 Å². The van der Waals surface area contributed by atoms with Gasteiger partial charge in [0, 0.05) is 51.2 Å². The Hall–Kier alpha value is -2.24. The zero-order chi connectivity index (χ0) is 17.5. The fourth-order valence-electron chi connectivity index (χ4n) is 3.25. The maximum Gasteiger partial charge on any atom is 0.221 e. The maximum absolute atomic E-state index is 11.1. The van der Waals surface area contributed by atoms with Gasteiger partial charge in [0.1, 0.15) is 0 Å². The summed E-state index contributed by atoms with van der Waals surface area (Å²) in [6, 6.07) is 12.3. The van der Waals surface area contributed by atoms with Crippen LogP contribution in [0, 0.1) is 0 Å². The van der Waals surface area contributed by atoms with Gasteiger partial charge >= 0.3 is 0 Å². The molecule has 5 heteroatoms. The summed E-state index contributed by atoms with van der Waals surface area (Å²) in [6.07, 6.45) is 4.97. The molecule has 1 aliphatic heterocycles. The van der Waals surface area contributed by atoms with E-state index in [9.17, 15) is 4.79 Å². The Labute approximate surface area is 149 Å². The van der Waals surface area contributed by atoms with Crippen LogP contribution < -0.4 is 5.32 Å². The largest absolute Gasteiger partial charge is 0.326 e. The van der Waals surface area contributed by atoms with Crippen molar-refractivity contribution in [3.8, 4) is 0 Å². The highest BCUT2D eigenvalue weighted by atomic mass is 16.1. The van der Waals surface area contributed by atoms with E-state index in [0.29, 0.717) is 0 Å². The topological polar surface area (TPSA) is 48.5 Å². The van der Waals surface area contributed by atoms with Crippen LogP contribution in [-0.4, -0.2) is 46.9 Å². The van der Waals surface area contributed by atoms with Crippen molar-refractivity contribution in [1.82, 2.24) is 14.8 Å². The molecule has 1 amide bonds. The molecule has 3 rings (SSSR count). The summed E-state index contributed by atoms with van der Waals surface area (Å²) in [6.45, 7) is 7.88. The van der Waals surface area contributed by atoms with Crippen LogP contribution in [0.25, 0.3) is 0 Å². The van der Waals surface area contributed by atoms with Crippen molar-refractivity contribution in [2.24, 2.45) is 0 Å². The minimum Gasteiger partial charge on any atom is -0.326 e. The summed E-state index contributed by atoms with van der Waals surface area (Å²) < 4.78 is 0. The van der Waals surface area contributed by atoms with Crippen molar-refractivity contribution < 1.29 is 4.79 Å². The monoisotopic (exact) mass is 338 g/mol. The van der Waals surface area contributed by atoms with Crippen molar-refractivity contribution in [1.29, 1.82) is 0 Å². The predicted molar refractivity (Wildman–Crippen MR) is 100 cm³/mol. The van der Waals surface area contributed by atoms with Crippen molar-refractivity contribution >= 4 is 11.6 Å². The third kappa shape index (κ3) is 5.66. The summed E-state index contributed by atoms with van der Waals surface area (Å²) >= 11 is 0. The number of carbonyl (C=O) groups excluding carboxylic acids is 1. The number of nitrogens with zero attached hydrogens (tertiary/aromatic N) is 3. The van der Waals surface area contributed by atoms with E-state index >= 15 is 0 Å². The van der Waals surface area contributed by atoms with Gasteiger partial charge < -0.3 is 5.32 Å². The Balaban J connectivity index is 1.50. The molecule has 1 aliphatic rings. The average Bonchev–Trinajstić information content (AvgIpc) is 2.82. The van der Waals surface area contributed by atoms with Crippen molar-refractivity contribution in [2.75, 3.05) is 31.5 Å². The molecule has 1 fully saturated rings. The minimum absolute atomic E-state index is 0.0334. The van der Waals surface area contributed by atoms with Crippen LogP contribution in [0.2, 0.25) is 0 Å². The van der Waals surface area contributed by atoms with Gasteiger partial charge in [-0.05, 0) is 48.8 Å². The van der Waals surface area contributed by atoms with E-state index < -0.39 is 0 Å². The average molecular weight is 338 g/mol. The minimum atomic E-state index is -0.0334. The van der Waals surface area contributed by atoms with Crippen LogP contribution in [0.15, 0.2) is 48.8 Å². The van der Waals surface area contributed by atoms with E-state index in [1.807, 2.05) is 30.6 Å².